The second-order valence-electron chi connectivity index (χ2n) is 7.57. The molecule has 4 rings (SSSR count). The van der Waals surface area contributed by atoms with Crippen LogP contribution in [0.1, 0.15) is 53.6 Å². The Kier molecular flexibility index (Phi) is 4.79. The van der Waals surface area contributed by atoms with Crippen LogP contribution in [0.2, 0.25) is 0 Å². The van der Waals surface area contributed by atoms with E-state index >= 15 is 0 Å². The van der Waals surface area contributed by atoms with E-state index in [9.17, 15) is 18.3 Å². The molecule has 0 bridgehead atoms. The minimum atomic E-state index is -3.72. The Hall–Kier alpha value is -1.44. The number of ether oxygens (including phenoxy) is 1. The first kappa shape index (κ1) is 17.9. The Labute approximate surface area is 154 Å². The summed E-state index contributed by atoms with van der Waals surface area (Å²) in [5.41, 5.74) is 1.79. The summed E-state index contributed by atoms with van der Waals surface area (Å²) in [6.07, 6.45) is 5.90. The van der Waals surface area contributed by atoms with Crippen molar-refractivity contribution in [1.82, 2.24) is 4.31 Å². The van der Waals surface area contributed by atoms with E-state index in [1.807, 2.05) is 0 Å². The van der Waals surface area contributed by atoms with Gasteiger partial charge in [-0.2, -0.15) is 4.31 Å². The fraction of sp³-hybridized carbons (Fsp3) is 0.632. The van der Waals surface area contributed by atoms with Crippen molar-refractivity contribution in [2.24, 2.45) is 5.92 Å². The molecule has 0 aromatic heterocycles. The molecular weight excluding hydrogens is 354 g/mol. The van der Waals surface area contributed by atoms with Crippen LogP contribution in [-0.2, 0) is 27.6 Å². The minimum Gasteiger partial charge on any atom is -0.478 e. The van der Waals surface area contributed by atoms with Crippen LogP contribution in [-0.4, -0.2) is 49.6 Å². The maximum absolute atomic E-state index is 13.6. The van der Waals surface area contributed by atoms with Gasteiger partial charge in [-0.3, -0.25) is 0 Å². The van der Waals surface area contributed by atoms with Gasteiger partial charge in [-0.1, -0.05) is 0 Å². The molecule has 0 spiro atoms. The standard InChI is InChI=1S/C19H25NO5S/c21-19(22)15-10-13-4-1-2-6-16(13)18(11-15)26(23,24)20-8-3-5-14-12-25-9-7-17(14)20/h10-11,14,17H,1-9,12H2,(H,21,22). The number of benzene rings is 1. The zero-order chi connectivity index (χ0) is 18.3. The van der Waals surface area contributed by atoms with E-state index in [0.29, 0.717) is 32.6 Å². The summed E-state index contributed by atoms with van der Waals surface area (Å²) < 4.78 is 34.3. The highest BCUT2D eigenvalue weighted by Crippen LogP contribution is 2.37. The van der Waals surface area contributed by atoms with Gasteiger partial charge >= 0.3 is 5.97 Å². The molecule has 2 heterocycles. The van der Waals surface area contributed by atoms with E-state index in [2.05, 4.69) is 0 Å². The van der Waals surface area contributed by atoms with Crippen LogP contribution in [0, 0.1) is 5.92 Å². The van der Waals surface area contributed by atoms with E-state index in [0.717, 1.165) is 43.2 Å². The predicted octanol–water partition coefficient (Wildman–Crippen LogP) is 2.45. The van der Waals surface area contributed by atoms with Crippen molar-refractivity contribution in [1.29, 1.82) is 0 Å². The molecule has 1 aromatic carbocycles. The van der Waals surface area contributed by atoms with Crippen molar-refractivity contribution in [3.05, 3.63) is 28.8 Å². The molecule has 1 aromatic rings. The second kappa shape index (κ2) is 6.94. The van der Waals surface area contributed by atoms with Crippen LogP contribution in [0.25, 0.3) is 0 Å². The van der Waals surface area contributed by atoms with Crippen LogP contribution in [0.4, 0.5) is 0 Å². The first-order valence-electron chi connectivity index (χ1n) is 9.47. The third kappa shape index (κ3) is 3.06. The van der Waals surface area contributed by atoms with E-state index in [-0.39, 0.29) is 22.4 Å². The number of carboxylic acid groups (broad SMARTS) is 1. The Morgan fingerprint density at radius 3 is 2.77 bits per heavy atom. The molecule has 1 aliphatic carbocycles. The molecule has 0 amide bonds. The lowest BCUT2D eigenvalue weighted by molar-refractivity contribution is -0.00810. The van der Waals surface area contributed by atoms with E-state index in [1.54, 1.807) is 10.4 Å². The van der Waals surface area contributed by atoms with Crippen LogP contribution in [0.5, 0.6) is 0 Å². The summed E-state index contributed by atoms with van der Waals surface area (Å²) in [6.45, 7) is 1.71. The molecule has 2 fully saturated rings. The van der Waals surface area contributed by atoms with Gasteiger partial charge in [0.15, 0.2) is 0 Å². The van der Waals surface area contributed by atoms with Gasteiger partial charge in [0, 0.05) is 19.2 Å². The summed E-state index contributed by atoms with van der Waals surface area (Å²) in [5.74, 6) is -0.830. The van der Waals surface area contributed by atoms with Gasteiger partial charge < -0.3 is 9.84 Å². The Morgan fingerprint density at radius 1 is 1.15 bits per heavy atom. The zero-order valence-electron chi connectivity index (χ0n) is 14.8. The highest BCUT2D eigenvalue weighted by atomic mass is 32.2. The zero-order valence-corrected chi connectivity index (χ0v) is 15.6. The number of carboxylic acids is 1. The molecule has 1 N–H and O–H groups in total. The third-order valence-electron chi connectivity index (χ3n) is 6.02. The molecule has 0 saturated carbocycles. The van der Waals surface area contributed by atoms with Gasteiger partial charge in [-0.25, -0.2) is 13.2 Å². The van der Waals surface area contributed by atoms with Crippen LogP contribution in [0.3, 0.4) is 0 Å². The highest BCUT2D eigenvalue weighted by Gasteiger charge is 2.41. The van der Waals surface area contributed by atoms with Crippen LogP contribution in [0.15, 0.2) is 17.0 Å². The Balaban J connectivity index is 1.80. The van der Waals surface area contributed by atoms with E-state index in [4.69, 9.17) is 4.74 Å². The summed E-state index contributed by atoms with van der Waals surface area (Å²) in [5, 5.41) is 9.45. The summed E-state index contributed by atoms with van der Waals surface area (Å²) >= 11 is 0. The average molecular weight is 379 g/mol. The maximum Gasteiger partial charge on any atom is 0.335 e. The third-order valence-corrected chi connectivity index (χ3v) is 8.01. The second-order valence-corrected chi connectivity index (χ2v) is 9.43. The number of aromatic carboxylic acids is 1. The number of fused-ring (bicyclic) bond motifs is 2. The number of rotatable bonds is 3. The summed E-state index contributed by atoms with van der Waals surface area (Å²) in [4.78, 5) is 11.8. The van der Waals surface area contributed by atoms with Gasteiger partial charge in [0.1, 0.15) is 0 Å². The lowest BCUT2D eigenvalue weighted by atomic mass is 9.88. The first-order valence-corrected chi connectivity index (χ1v) is 10.9. The fourth-order valence-electron chi connectivity index (χ4n) is 4.72. The van der Waals surface area contributed by atoms with Gasteiger partial charge in [0.05, 0.1) is 17.1 Å². The molecule has 142 valence electrons. The molecule has 26 heavy (non-hydrogen) atoms. The quantitative estimate of drug-likeness (QED) is 0.872. The molecular formula is C19H25NO5S. The summed E-state index contributed by atoms with van der Waals surface area (Å²) in [6, 6.07) is 3.00. The number of piperidine rings is 1. The largest absolute Gasteiger partial charge is 0.478 e. The molecule has 2 unspecified atom stereocenters. The van der Waals surface area contributed by atoms with Gasteiger partial charge in [0.25, 0.3) is 0 Å². The number of aryl methyl sites for hydroxylation is 1. The molecule has 2 aliphatic heterocycles. The monoisotopic (exact) mass is 379 g/mol. The van der Waals surface area contributed by atoms with Crippen molar-refractivity contribution in [3.8, 4) is 0 Å². The Morgan fingerprint density at radius 2 is 1.96 bits per heavy atom. The van der Waals surface area contributed by atoms with Crippen molar-refractivity contribution in [2.75, 3.05) is 19.8 Å². The Bertz CT molecular complexity index is 817. The van der Waals surface area contributed by atoms with Crippen molar-refractivity contribution in [2.45, 2.75) is 55.9 Å². The number of carbonyl (C=O) groups is 1. The fourth-order valence-corrected chi connectivity index (χ4v) is 6.80. The van der Waals surface area contributed by atoms with E-state index < -0.39 is 16.0 Å². The van der Waals surface area contributed by atoms with Gasteiger partial charge in [0.2, 0.25) is 10.0 Å². The van der Waals surface area contributed by atoms with Crippen molar-refractivity contribution in [3.63, 3.8) is 0 Å². The van der Waals surface area contributed by atoms with Gasteiger partial charge in [-0.05, 0) is 74.1 Å². The highest BCUT2D eigenvalue weighted by molar-refractivity contribution is 7.89. The minimum absolute atomic E-state index is 0.0322. The molecule has 2 atom stereocenters. The lowest BCUT2D eigenvalue weighted by Gasteiger charge is -2.43. The van der Waals surface area contributed by atoms with Crippen molar-refractivity contribution < 1.29 is 23.1 Å². The van der Waals surface area contributed by atoms with Gasteiger partial charge in [-0.15, -0.1) is 0 Å². The molecule has 6 nitrogen and oxygen atoms in total. The number of hydrogen-bond acceptors (Lipinski definition) is 4. The number of hydrogen-bond donors (Lipinski definition) is 1. The molecule has 2 saturated heterocycles. The lowest BCUT2D eigenvalue weighted by Crippen LogP contribution is -2.52. The summed E-state index contributed by atoms with van der Waals surface area (Å²) in [7, 11) is -3.72. The molecule has 3 aliphatic rings. The van der Waals surface area contributed by atoms with Crippen LogP contribution < -0.4 is 0 Å². The van der Waals surface area contributed by atoms with Crippen LogP contribution >= 0.6 is 0 Å². The maximum atomic E-state index is 13.6. The number of nitrogens with zero attached hydrogens (tertiary/aromatic N) is 1. The van der Waals surface area contributed by atoms with Crippen molar-refractivity contribution >= 4 is 16.0 Å². The normalized spacial score (nSPS) is 26.8. The predicted molar refractivity (Wildman–Crippen MR) is 95.9 cm³/mol. The topological polar surface area (TPSA) is 83.9 Å². The molecule has 7 heteroatoms. The SMILES string of the molecule is O=C(O)c1cc2c(c(S(=O)(=O)N3CCCC4COCCC43)c1)CCCC2. The number of sulfonamides is 1. The molecule has 0 radical (unpaired) electrons. The first-order chi connectivity index (χ1) is 12.5. The average Bonchev–Trinajstić information content (AvgIpc) is 2.66. The van der Waals surface area contributed by atoms with E-state index in [1.165, 1.54) is 6.07 Å². The smallest absolute Gasteiger partial charge is 0.335 e.